The van der Waals surface area contributed by atoms with Crippen LogP contribution in [0.5, 0.6) is 0 Å². The molecule has 1 nitrogen and oxygen atoms in total. The number of fused-ring (bicyclic) bond motifs is 1. The van der Waals surface area contributed by atoms with Crippen LogP contribution in [0.1, 0.15) is 28.7 Å². The van der Waals surface area contributed by atoms with Crippen molar-refractivity contribution in [1.82, 2.24) is 0 Å². The molecule has 3 rings (SSSR count). The first-order valence-corrected chi connectivity index (χ1v) is 6.07. The average molecular weight is 258 g/mol. The van der Waals surface area contributed by atoms with Gasteiger partial charge in [-0.3, -0.25) is 0 Å². The van der Waals surface area contributed by atoms with Crippen molar-refractivity contribution in [3.8, 4) is 0 Å². The molecule has 19 heavy (non-hydrogen) atoms. The van der Waals surface area contributed by atoms with Gasteiger partial charge in [0.05, 0.1) is 6.10 Å². The van der Waals surface area contributed by atoms with Gasteiger partial charge in [-0.25, -0.2) is 8.78 Å². The van der Waals surface area contributed by atoms with E-state index in [9.17, 15) is 13.9 Å². The van der Waals surface area contributed by atoms with Gasteiger partial charge in [0.25, 0.3) is 0 Å². The van der Waals surface area contributed by atoms with Crippen LogP contribution in [0, 0.1) is 11.6 Å². The van der Waals surface area contributed by atoms with Crippen LogP contribution in [0.3, 0.4) is 0 Å². The summed E-state index contributed by atoms with van der Waals surface area (Å²) in [6.07, 6.45) is 2.68. The monoisotopic (exact) mass is 258 g/mol. The quantitative estimate of drug-likeness (QED) is 0.824. The van der Waals surface area contributed by atoms with E-state index in [0.717, 1.165) is 29.3 Å². The predicted molar refractivity (Wildman–Crippen MR) is 69.5 cm³/mol. The van der Waals surface area contributed by atoms with E-state index in [1.54, 1.807) is 12.1 Å². The number of aliphatic hydroxyl groups is 1. The van der Waals surface area contributed by atoms with E-state index in [-0.39, 0.29) is 5.56 Å². The lowest BCUT2D eigenvalue weighted by molar-refractivity contribution is 0.158. The Morgan fingerprint density at radius 3 is 2.58 bits per heavy atom. The summed E-state index contributed by atoms with van der Waals surface area (Å²) in [5.74, 6) is -1.57. The van der Waals surface area contributed by atoms with Crippen molar-refractivity contribution >= 4 is 6.08 Å². The lowest BCUT2D eigenvalue weighted by Crippen LogP contribution is -2.14. The summed E-state index contributed by atoms with van der Waals surface area (Å²) in [5.41, 5.74) is 1.82. The molecule has 2 aromatic carbocycles. The first kappa shape index (κ1) is 12.1. The molecule has 0 saturated carbocycles. The lowest BCUT2D eigenvalue weighted by atomic mass is 9.82. The lowest BCUT2D eigenvalue weighted by Gasteiger charge is -2.26. The minimum atomic E-state index is -0.863. The summed E-state index contributed by atoms with van der Waals surface area (Å²) in [5, 5.41) is 10.3. The smallest absolute Gasteiger partial charge is 0.127 e. The maximum absolute atomic E-state index is 13.8. The molecule has 0 saturated heterocycles. The van der Waals surface area contributed by atoms with E-state index in [2.05, 4.69) is 0 Å². The highest BCUT2D eigenvalue weighted by molar-refractivity contribution is 5.60. The summed E-state index contributed by atoms with van der Waals surface area (Å²) >= 11 is 0. The molecule has 0 heterocycles. The molecular formula is C16H12F2O. The van der Waals surface area contributed by atoms with Crippen LogP contribution in [0.15, 0.2) is 48.5 Å². The van der Waals surface area contributed by atoms with Crippen molar-refractivity contribution in [2.24, 2.45) is 0 Å². The van der Waals surface area contributed by atoms with Crippen LogP contribution in [0.4, 0.5) is 8.78 Å². The van der Waals surface area contributed by atoms with E-state index in [1.807, 2.05) is 24.3 Å². The van der Waals surface area contributed by atoms with Crippen LogP contribution in [0.2, 0.25) is 0 Å². The second kappa shape index (κ2) is 4.59. The van der Waals surface area contributed by atoms with E-state index < -0.39 is 23.7 Å². The van der Waals surface area contributed by atoms with Crippen molar-refractivity contribution in [3.63, 3.8) is 0 Å². The van der Waals surface area contributed by atoms with Gasteiger partial charge in [0.15, 0.2) is 0 Å². The van der Waals surface area contributed by atoms with Gasteiger partial charge in [0.2, 0.25) is 0 Å². The van der Waals surface area contributed by atoms with E-state index in [1.165, 1.54) is 0 Å². The highest BCUT2D eigenvalue weighted by Gasteiger charge is 2.27. The minimum absolute atomic E-state index is 0.179. The van der Waals surface area contributed by atoms with Crippen LogP contribution in [-0.4, -0.2) is 5.11 Å². The van der Waals surface area contributed by atoms with E-state index in [0.29, 0.717) is 0 Å². The maximum atomic E-state index is 13.8. The normalized spacial score (nSPS) is 21.2. The van der Waals surface area contributed by atoms with Crippen molar-refractivity contribution in [2.75, 3.05) is 0 Å². The molecule has 1 N–H and O–H groups in total. The predicted octanol–water partition coefficient (Wildman–Crippen LogP) is 3.81. The summed E-state index contributed by atoms with van der Waals surface area (Å²) in [4.78, 5) is 0. The number of rotatable bonds is 1. The van der Waals surface area contributed by atoms with Gasteiger partial charge in [-0.15, -0.1) is 0 Å². The zero-order valence-corrected chi connectivity index (χ0v) is 10.1. The van der Waals surface area contributed by atoms with Gasteiger partial charge >= 0.3 is 0 Å². The molecule has 0 bridgehead atoms. The first-order chi connectivity index (χ1) is 9.16. The Bertz CT molecular complexity index is 649. The Hall–Kier alpha value is -2.00. The molecule has 2 aromatic rings. The van der Waals surface area contributed by atoms with Crippen LogP contribution < -0.4 is 0 Å². The molecule has 3 heteroatoms. The zero-order chi connectivity index (χ0) is 13.4. The zero-order valence-electron chi connectivity index (χ0n) is 10.1. The Balaban J connectivity index is 2.07. The number of aliphatic hydroxyl groups excluding tert-OH is 1. The molecule has 1 aliphatic carbocycles. The molecule has 0 fully saturated rings. The van der Waals surface area contributed by atoms with Gasteiger partial charge in [-0.2, -0.15) is 0 Å². The van der Waals surface area contributed by atoms with Gasteiger partial charge in [-0.05, 0) is 29.3 Å². The summed E-state index contributed by atoms with van der Waals surface area (Å²) in [6, 6.07) is 10.7. The second-order valence-electron chi connectivity index (χ2n) is 4.62. The Morgan fingerprint density at radius 1 is 0.947 bits per heavy atom. The van der Waals surface area contributed by atoms with Crippen molar-refractivity contribution < 1.29 is 13.9 Å². The highest BCUT2D eigenvalue weighted by Crippen LogP contribution is 2.39. The topological polar surface area (TPSA) is 20.2 Å². The van der Waals surface area contributed by atoms with E-state index >= 15 is 0 Å². The van der Waals surface area contributed by atoms with Gasteiger partial charge in [0, 0.05) is 11.5 Å². The summed E-state index contributed by atoms with van der Waals surface area (Å²) in [6.45, 7) is 0. The molecule has 96 valence electrons. The molecule has 0 radical (unpaired) electrons. The first-order valence-electron chi connectivity index (χ1n) is 6.07. The van der Waals surface area contributed by atoms with Crippen molar-refractivity contribution in [3.05, 3.63) is 76.9 Å². The standard InChI is InChI=1S/C16H12F2O/c17-11-6-8-15(18)14(9-11)13-7-5-10-3-1-2-4-12(10)16(13)19/h1-9,13,16,19H/t13-,16-/m0/s1. The fourth-order valence-corrected chi connectivity index (χ4v) is 2.48. The van der Waals surface area contributed by atoms with Crippen LogP contribution in [-0.2, 0) is 0 Å². The third-order valence-corrected chi connectivity index (χ3v) is 3.46. The molecular weight excluding hydrogens is 246 g/mol. The molecule has 0 aliphatic heterocycles. The molecule has 0 spiro atoms. The van der Waals surface area contributed by atoms with Gasteiger partial charge in [-0.1, -0.05) is 36.4 Å². The van der Waals surface area contributed by atoms with Gasteiger partial charge < -0.3 is 5.11 Å². The number of hydrogen-bond acceptors (Lipinski definition) is 1. The SMILES string of the molecule is O[C@H]1c2ccccc2C=C[C@H]1c1cc(F)ccc1F. The molecule has 2 atom stereocenters. The molecule has 0 amide bonds. The third-order valence-electron chi connectivity index (χ3n) is 3.46. The summed E-state index contributed by atoms with van der Waals surface area (Å²) < 4.78 is 27.0. The molecule has 0 unspecified atom stereocenters. The maximum Gasteiger partial charge on any atom is 0.127 e. The number of halogens is 2. The number of hydrogen-bond donors (Lipinski definition) is 1. The fourth-order valence-electron chi connectivity index (χ4n) is 2.48. The fraction of sp³-hybridized carbons (Fsp3) is 0.125. The van der Waals surface area contributed by atoms with Crippen LogP contribution in [0.25, 0.3) is 6.08 Å². The average Bonchev–Trinajstić information content (AvgIpc) is 2.43. The van der Waals surface area contributed by atoms with Gasteiger partial charge in [0.1, 0.15) is 11.6 Å². The second-order valence-corrected chi connectivity index (χ2v) is 4.62. The molecule has 0 aromatic heterocycles. The highest BCUT2D eigenvalue weighted by atomic mass is 19.1. The third kappa shape index (κ3) is 2.06. The summed E-state index contributed by atoms with van der Waals surface area (Å²) in [7, 11) is 0. The van der Waals surface area contributed by atoms with Crippen LogP contribution >= 0.6 is 0 Å². The largest absolute Gasteiger partial charge is 0.387 e. The Morgan fingerprint density at radius 2 is 1.74 bits per heavy atom. The van der Waals surface area contributed by atoms with Crippen molar-refractivity contribution in [2.45, 2.75) is 12.0 Å². The van der Waals surface area contributed by atoms with Crippen molar-refractivity contribution in [1.29, 1.82) is 0 Å². The Labute approximate surface area is 109 Å². The number of benzene rings is 2. The molecule has 1 aliphatic rings. The Kier molecular flexibility index (Phi) is 2.91. The minimum Gasteiger partial charge on any atom is -0.387 e. The van der Waals surface area contributed by atoms with E-state index in [4.69, 9.17) is 0 Å².